The van der Waals surface area contributed by atoms with E-state index in [1.54, 1.807) is 6.92 Å². The number of rotatable bonds is 3. The van der Waals surface area contributed by atoms with Gasteiger partial charge in [-0.2, -0.15) is 0 Å². The van der Waals surface area contributed by atoms with E-state index in [0.717, 1.165) is 6.20 Å². The van der Waals surface area contributed by atoms with Crippen molar-refractivity contribution in [2.24, 2.45) is 10.3 Å². The summed E-state index contributed by atoms with van der Waals surface area (Å²) in [6.45, 7) is 1.60. The van der Waals surface area contributed by atoms with E-state index in [1.807, 2.05) is 0 Å². The second kappa shape index (κ2) is 4.22. The zero-order valence-electron chi connectivity index (χ0n) is 8.91. The molecule has 0 amide bonds. The molecule has 0 saturated heterocycles. The van der Waals surface area contributed by atoms with Gasteiger partial charge in [0, 0.05) is 6.20 Å². The Morgan fingerprint density at radius 3 is 2.06 bits per heavy atom. The molecule has 96 valence electrons. The molecule has 0 bridgehead atoms. The van der Waals surface area contributed by atoms with Gasteiger partial charge in [0.1, 0.15) is 4.90 Å². The first-order valence-electron chi connectivity index (χ1n) is 4.42. The maximum Gasteiger partial charge on any atom is 0.257 e. The average molecular weight is 280 g/mol. The molecule has 0 saturated carbocycles. The van der Waals surface area contributed by atoms with Crippen LogP contribution in [0.4, 0.5) is 5.69 Å². The summed E-state index contributed by atoms with van der Waals surface area (Å²) in [5, 5.41) is 9.29. The molecule has 0 aliphatic rings. The first kappa shape index (κ1) is 13.8. The van der Waals surface area contributed by atoms with Gasteiger partial charge in [0.05, 0.1) is 5.69 Å². The van der Waals surface area contributed by atoms with E-state index in [2.05, 4.69) is 4.98 Å². The van der Waals surface area contributed by atoms with Gasteiger partial charge in [-0.3, -0.25) is 0 Å². The van der Waals surface area contributed by atoms with Gasteiger partial charge in [-0.05, 0) is 12.0 Å². The third-order valence-electron chi connectivity index (χ3n) is 2.08. The van der Waals surface area contributed by atoms with Crippen molar-refractivity contribution in [2.45, 2.75) is 23.3 Å². The fraction of sp³-hybridized carbons (Fsp3) is 0.286. The molecular formula is C7H12N4O4S2. The third kappa shape index (κ3) is 2.72. The molecule has 0 unspecified atom stereocenters. The van der Waals surface area contributed by atoms with Crippen molar-refractivity contribution in [1.82, 2.24) is 4.98 Å². The summed E-state index contributed by atoms with van der Waals surface area (Å²) in [6.07, 6.45) is 1.02. The molecular weight excluding hydrogens is 268 g/mol. The van der Waals surface area contributed by atoms with Gasteiger partial charge in [0.15, 0.2) is 5.03 Å². The minimum atomic E-state index is -4.10. The standard InChI is InChI=1S/C7H12N4O4S2/c1-2-4-5(16(9,12)13)3-11-7(6(4)8)17(10,14)15/h3H,2,8H2,1H3,(H2,9,12,13)(H2,10,14,15). The van der Waals surface area contributed by atoms with Crippen LogP contribution in [0.3, 0.4) is 0 Å². The van der Waals surface area contributed by atoms with Gasteiger partial charge in [-0.25, -0.2) is 32.1 Å². The summed E-state index contributed by atoms with van der Waals surface area (Å²) < 4.78 is 44.7. The van der Waals surface area contributed by atoms with Crippen molar-refractivity contribution in [3.63, 3.8) is 0 Å². The zero-order valence-corrected chi connectivity index (χ0v) is 10.5. The molecule has 10 heteroatoms. The topological polar surface area (TPSA) is 159 Å². The lowest BCUT2D eigenvalue weighted by Gasteiger charge is -2.11. The Kier molecular flexibility index (Phi) is 3.43. The van der Waals surface area contributed by atoms with Gasteiger partial charge < -0.3 is 5.73 Å². The van der Waals surface area contributed by atoms with Crippen LogP contribution in [0.2, 0.25) is 0 Å². The minimum Gasteiger partial charge on any atom is -0.396 e. The van der Waals surface area contributed by atoms with E-state index in [4.69, 9.17) is 16.0 Å². The van der Waals surface area contributed by atoms with Crippen LogP contribution in [-0.2, 0) is 26.5 Å². The highest BCUT2D eigenvalue weighted by molar-refractivity contribution is 7.89. The summed E-state index contributed by atoms with van der Waals surface area (Å²) in [6, 6.07) is 0. The Hall–Kier alpha value is -1.23. The van der Waals surface area contributed by atoms with Crippen LogP contribution >= 0.6 is 0 Å². The van der Waals surface area contributed by atoms with E-state index < -0.39 is 25.1 Å². The molecule has 1 rings (SSSR count). The number of nitrogen functional groups attached to an aromatic ring is 1. The molecule has 0 atom stereocenters. The molecule has 0 radical (unpaired) electrons. The van der Waals surface area contributed by atoms with Gasteiger partial charge in [0.25, 0.3) is 10.0 Å². The van der Waals surface area contributed by atoms with Crippen LogP contribution in [0, 0.1) is 0 Å². The van der Waals surface area contributed by atoms with Gasteiger partial charge in [-0.1, -0.05) is 6.92 Å². The molecule has 0 aromatic carbocycles. The number of anilines is 1. The van der Waals surface area contributed by atoms with Gasteiger partial charge in [0.2, 0.25) is 10.0 Å². The smallest absolute Gasteiger partial charge is 0.257 e. The highest BCUT2D eigenvalue weighted by atomic mass is 32.2. The Morgan fingerprint density at radius 2 is 1.71 bits per heavy atom. The maximum atomic E-state index is 11.2. The molecule has 8 nitrogen and oxygen atoms in total. The van der Waals surface area contributed by atoms with Crippen LogP contribution in [-0.4, -0.2) is 21.8 Å². The summed E-state index contributed by atoms with van der Waals surface area (Å²) >= 11 is 0. The van der Waals surface area contributed by atoms with Gasteiger partial charge >= 0.3 is 0 Å². The molecule has 17 heavy (non-hydrogen) atoms. The van der Waals surface area contributed by atoms with Crippen LogP contribution in [0.1, 0.15) is 12.5 Å². The monoisotopic (exact) mass is 280 g/mol. The number of pyridine rings is 1. The number of primary sulfonamides is 2. The lowest BCUT2D eigenvalue weighted by molar-refractivity contribution is 0.589. The first-order valence-corrected chi connectivity index (χ1v) is 7.51. The second-order valence-corrected chi connectivity index (χ2v) is 6.27. The predicted octanol–water partition coefficient (Wildman–Crippen LogP) is -1.48. The molecule has 1 aromatic heterocycles. The molecule has 0 aliphatic heterocycles. The number of nitrogens with two attached hydrogens (primary N) is 3. The summed E-state index contributed by atoms with van der Waals surface area (Å²) in [7, 11) is -8.11. The number of aromatic nitrogens is 1. The van der Waals surface area contributed by atoms with E-state index in [-0.39, 0.29) is 22.6 Å². The Bertz CT molecular complexity index is 651. The molecule has 1 heterocycles. The summed E-state index contributed by atoms with van der Waals surface area (Å²) in [4.78, 5) is 3.13. The van der Waals surface area contributed by atoms with Crippen LogP contribution < -0.4 is 16.0 Å². The average Bonchev–Trinajstić information content (AvgIpc) is 2.13. The second-order valence-electron chi connectivity index (χ2n) is 3.26. The first-order chi connectivity index (χ1) is 7.59. The fourth-order valence-electron chi connectivity index (χ4n) is 1.36. The van der Waals surface area contributed by atoms with Crippen molar-refractivity contribution in [3.05, 3.63) is 11.8 Å². The lowest BCUT2D eigenvalue weighted by Crippen LogP contribution is -2.21. The Labute approximate surface area is 98.9 Å². The quantitative estimate of drug-likeness (QED) is 0.612. The largest absolute Gasteiger partial charge is 0.396 e. The van der Waals surface area contributed by atoms with Crippen molar-refractivity contribution in [2.75, 3.05) is 5.73 Å². The molecule has 0 fully saturated rings. The van der Waals surface area contributed by atoms with Crippen LogP contribution in [0.15, 0.2) is 16.1 Å². The SMILES string of the molecule is CCc1c(S(N)(=O)=O)cnc(S(N)(=O)=O)c1N. The normalized spacial score (nSPS) is 12.6. The van der Waals surface area contributed by atoms with Crippen molar-refractivity contribution in [1.29, 1.82) is 0 Å². The highest BCUT2D eigenvalue weighted by Crippen LogP contribution is 2.25. The zero-order chi connectivity index (χ0) is 13.4. The summed E-state index contributed by atoms with van der Waals surface area (Å²) in [5.74, 6) is 0. The van der Waals surface area contributed by atoms with Gasteiger partial charge in [-0.15, -0.1) is 0 Å². The maximum absolute atomic E-state index is 11.2. The Morgan fingerprint density at radius 1 is 1.18 bits per heavy atom. The van der Waals surface area contributed by atoms with Crippen molar-refractivity contribution < 1.29 is 16.8 Å². The third-order valence-corrected chi connectivity index (χ3v) is 3.91. The van der Waals surface area contributed by atoms with E-state index in [0.29, 0.717) is 0 Å². The molecule has 1 aromatic rings. The number of hydrogen-bond acceptors (Lipinski definition) is 6. The van der Waals surface area contributed by atoms with Crippen LogP contribution in [0.25, 0.3) is 0 Å². The van der Waals surface area contributed by atoms with Crippen molar-refractivity contribution >= 4 is 25.7 Å². The van der Waals surface area contributed by atoms with E-state index in [9.17, 15) is 16.8 Å². The Balaban J connectivity index is 3.72. The summed E-state index contributed by atoms with van der Waals surface area (Å²) in [5.41, 5.74) is 5.33. The van der Waals surface area contributed by atoms with E-state index in [1.165, 1.54) is 0 Å². The van der Waals surface area contributed by atoms with E-state index >= 15 is 0 Å². The fourth-order valence-corrected chi connectivity index (χ4v) is 2.79. The predicted molar refractivity (Wildman–Crippen MR) is 60.8 cm³/mol. The number of hydrogen-bond donors (Lipinski definition) is 3. The number of sulfonamides is 2. The highest BCUT2D eigenvalue weighted by Gasteiger charge is 2.23. The van der Waals surface area contributed by atoms with Crippen LogP contribution in [0.5, 0.6) is 0 Å². The lowest BCUT2D eigenvalue weighted by atomic mass is 10.2. The number of nitrogens with zero attached hydrogens (tertiary/aromatic N) is 1. The molecule has 0 spiro atoms. The minimum absolute atomic E-state index is 0.0894. The molecule has 0 aliphatic carbocycles. The molecule has 6 N–H and O–H groups in total. The van der Waals surface area contributed by atoms with Crippen molar-refractivity contribution in [3.8, 4) is 0 Å².